The van der Waals surface area contributed by atoms with Crippen LogP contribution in [0.3, 0.4) is 0 Å². The molecule has 0 spiro atoms. The standard InChI is InChI=1S/C12H20N4O/c1-8(9-3-4-9)12-14-11(15-17-12)10-7-13-5-6-16(10)2/h8-10,13H,3-7H2,1-2H3. The highest BCUT2D eigenvalue weighted by Gasteiger charge is 2.33. The number of piperazine rings is 1. The summed E-state index contributed by atoms with van der Waals surface area (Å²) >= 11 is 0. The third-order valence-electron chi connectivity index (χ3n) is 3.99. The fourth-order valence-corrected chi connectivity index (χ4v) is 2.46. The van der Waals surface area contributed by atoms with Gasteiger partial charge in [0.2, 0.25) is 5.89 Å². The van der Waals surface area contributed by atoms with Gasteiger partial charge in [-0.05, 0) is 25.8 Å². The van der Waals surface area contributed by atoms with Crippen molar-refractivity contribution in [1.82, 2.24) is 20.4 Å². The van der Waals surface area contributed by atoms with Gasteiger partial charge in [0.25, 0.3) is 0 Å². The fourth-order valence-electron chi connectivity index (χ4n) is 2.46. The van der Waals surface area contributed by atoms with Crippen LogP contribution in [0, 0.1) is 5.92 Å². The summed E-state index contributed by atoms with van der Waals surface area (Å²) < 4.78 is 5.41. The molecule has 3 rings (SSSR count). The zero-order chi connectivity index (χ0) is 11.8. The van der Waals surface area contributed by atoms with Crippen LogP contribution >= 0.6 is 0 Å². The third kappa shape index (κ3) is 2.21. The lowest BCUT2D eigenvalue weighted by atomic mass is 10.1. The summed E-state index contributed by atoms with van der Waals surface area (Å²) in [6.07, 6.45) is 2.62. The molecule has 2 atom stereocenters. The minimum absolute atomic E-state index is 0.257. The highest BCUT2D eigenvalue weighted by molar-refractivity contribution is 5.03. The van der Waals surface area contributed by atoms with E-state index >= 15 is 0 Å². The molecular weight excluding hydrogens is 216 g/mol. The molecule has 94 valence electrons. The molecular formula is C12H20N4O. The molecule has 5 heteroatoms. The van der Waals surface area contributed by atoms with Crippen LogP contribution in [0.25, 0.3) is 0 Å². The summed E-state index contributed by atoms with van der Waals surface area (Å²) in [6, 6.07) is 0.257. The molecule has 2 unspecified atom stereocenters. The van der Waals surface area contributed by atoms with Crippen molar-refractivity contribution in [2.24, 2.45) is 5.92 Å². The van der Waals surface area contributed by atoms with E-state index in [9.17, 15) is 0 Å². The van der Waals surface area contributed by atoms with E-state index in [0.29, 0.717) is 5.92 Å². The molecule has 2 aliphatic rings. The second kappa shape index (κ2) is 4.38. The Morgan fingerprint density at radius 1 is 1.47 bits per heavy atom. The predicted molar refractivity (Wildman–Crippen MR) is 63.7 cm³/mol. The largest absolute Gasteiger partial charge is 0.339 e. The highest BCUT2D eigenvalue weighted by Crippen LogP contribution is 2.41. The number of hydrogen-bond donors (Lipinski definition) is 1. The Hall–Kier alpha value is -0.940. The second-order valence-electron chi connectivity index (χ2n) is 5.32. The molecule has 1 aliphatic carbocycles. The van der Waals surface area contributed by atoms with Gasteiger partial charge in [0.1, 0.15) is 0 Å². The van der Waals surface area contributed by atoms with Crippen molar-refractivity contribution in [1.29, 1.82) is 0 Å². The van der Waals surface area contributed by atoms with Crippen molar-refractivity contribution in [2.75, 3.05) is 26.7 Å². The number of nitrogens with zero attached hydrogens (tertiary/aromatic N) is 3. The SMILES string of the molecule is CC(c1nc(C2CNCCN2C)no1)C1CC1. The normalized spacial score (nSPS) is 28.2. The van der Waals surface area contributed by atoms with E-state index in [0.717, 1.165) is 37.3 Å². The fraction of sp³-hybridized carbons (Fsp3) is 0.833. The van der Waals surface area contributed by atoms with Gasteiger partial charge >= 0.3 is 0 Å². The van der Waals surface area contributed by atoms with E-state index in [2.05, 4.69) is 34.3 Å². The van der Waals surface area contributed by atoms with E-state index in [4.69, 9.17) is 4.52 Å². The molecule has 1 aromatic rings. The van der Waals surface area contributed by atoms with E-state index in [-0.39, 0.29) is 6.04 Å². The summed E-state index contributed by atoms with van der Waals surface area (Å²) in [5, 5.41) is 7.53. The molecule has 0 radical (unpaired) electrons. The first-order valence-electron chi connectivity index (χ1n) is 6.50. The summed E-state index contributed by atoms with van der Waals surface area (Å²) in [7, 11) is 2.12. The van der Waals surface area contributed by atoms with Gasteiger partial charge in [0.15, 0.2) is 5.82 Å². The maximum absolute atomic E-state index is 5.41. The van der Waals surface area contributed by atoms with Crippen LogP contribution in [0.5, 0.6) is 0 Å². The summed E-state index contributed by atoms with van der Waals surface area (Å²) in [5.41, 5.74) is 0. The quantitative estimate of drug-likeness (QED) is 0.853. The van der Waals surface area contributed by atoms with E-state index < -0.39 is 0 Å². The minimum atomic E-state index is 0.257. The smallest absolute Gasteiger partial charge is 0.229 e. The van der Waals surface area contributed by atoms with E-state index in [1.807, 2.05) is 0 Å². The van der Waals surface area contributed by atoms with Crippen molar-refractivity contribution < 1.29 is 4.52 Å². The van der Waals surface area contributed by atoms with Crippen LogP contribution in [-0.4, -0.2) is 41.7 Å². The maximum atomic E-state index is 5.41. The Morgan fingerprint density at radius 2 is 2.29 bits per heavy atom. The zero-order valence-corrected chi connectivity index (χ0v) is 10.5. The molecule has 1 aromatic heterocycles. The minimum Gasteiger partial charge on any atom is -0.339 e. The Morgan fingerprint density at radius 3 is 3.00 bits per heavy atom. The van der Waals surface area contributed by atoms with Crippen LogP contribution < -0.4 is 5.32 Å². The molecule has 5 nitrogen and oxygen atoms in total. The van der Waals surface area contributed by atoms with Crippen LogP contribution in [-0.2, 0) is 0 Å². The molecule has 1 saturated carbocycles. The first kappa shape index (κ1) is 11.2. The van der Waals surface area contributed by atoms with Crippen molar-refractivity contribution in [3.63, 3.8) is 0 Å². The Kier molecular flexibility index (Phi) is 2.88. The van der Waals surface area contributed by atoms with Crippen LogP contribution in [0.2, 0.25) is 0 Å². The van der Waals surface area contributed by atoms with Gasteiger partial charge < -0.3 is 9.84 Å². The first-order chi connectivity index (χ1) is 8.25. The molecule has 2 fully saturated rings. The number of hydrogen-bond acceptors (Lipinski definition) is 5. The molecule has 17 heavy (non-hydrogen) atoms. The van der Waals surface area contributed by atoms with Crippen LogP contribution in [0.4, 0.5) is 0 Å². The second-order valence-corrected chi connectivity index (χ2v) is 5.32. The van der Waals surface area contributed by atoms with E-state index in [1.165, 1.54) is 12.8 Å². The van der Waals surface area contributed by atoms with Gasteiger partial charge in [-0.2, -0.15) is 4.98 Å². The lowest BCUT2D eigenvalue weighted by Gasteiger charge is -2.30. The molecule has 1 aliphatic heterocycles. The van der Waals surface area contributed by atoms with Gasteiger partial charge in [-0.1, -0.05) is 12.1 Å². The molecule has 0 aromatic carbocycles. The number of nitrogens with one attached hydrogen (secondary N) is 1. The van der Waals surface area contributed by atoms with Crippen LogP contribution in [0.15, 0.2) is 4.52 Å². The van der Waals surface area contributed by atoms with Gasteiger partial charge in [-0.3, -0.25) is 4.90 Å². The molecule has 2 heterocycles. The number of aromatic nitrogens is 2. The average molecular weight is 236 g/mol. The van der Waals surface area contributed by atoms with Crippen molar-refractivity contribution in [3.05, 3.63) is 11.7 Å². The Labute approximate surface area is 102 Å². The molecule has 1 saturated heterocycles. The highest BCUT2D eigenvalue weighted by atomic mass is 16.5. The van der Waals surface area contributed by atoms with Gasteiger partial charge in [-0.15, -0.1) is 0 Å². The monoisotopic (exact) mass is 236 g/mol. The number of likely N-dealkylation sites (N-methyl/N-ethyl adjacent to an activating group) is 1. The van der Waals surface area contributed by atoms with Crippen LogP contribution in [0.1, 0.15) is 43.4 Å². The maximum Gasteiger partial charge on any atom is 0.229 e. The number of rotatable bonds is 3. The summed E-state index contributed by atoms with van der Waals surface area (Å²) in [5.74, 6) is 2.85. The first-order valence-corrected chi connectivity index (χ1v) is 6.50. The molecule has 1 N–H and O–H groups in total. The van der Waals surface area contributed by atoms with Gasteiger partial charge in [0.05, 0.1) is 6.04 Å². The van der Waals surface area contributed by atoms with Crippen molar-refractivity contribution in [2.45, 2.75) is 31.7 Å². The van der Waals surface area contributed by atoms with Gasteiger partial charge in [0, 0.05) is 25.6 Å². The zero-order valence-electron chi connectivity index (χ0n) is 10.5. The molecule has 0 bridgehead atoms. The lowest BCUT2D eigenvalue weighted by molar-refractivity contribution is 0.190. The lowest BCUT2D eigenvalue weighted by Crippen LogP contribution is -2.44. The average Bonchev–Trinajstić information content (AvgIpc) is 3.07. The Balaban J connectivity index is 1.74. The topological polar surface area (TPSA) is 54.2 Å². The van der Waals surface area contributed by atoms with E-state index in [1.54, 1.807) is 0 Å². The van der Waals surface area contributed by atoms with Crippen molar-refractivity contribution >= 4 is 0 Å². The third-order valence-corrected chi connectivity index (χ3v) is 3.99. The van der Waals surface area contributed by atoms with Gasteiger partial charge in [-0.25, -0.2) is 0 Å². The summed E-state index contributed by atoms with van der Waals surface area (Å²) in [4.78, 5) is 6.87. The molecule has 0 amide bonds. The Bertz CT molecular complexity index is 388. The predicted octanol–water partition coefficient (Wildman–Crippen LogP) is 1.16. The van der Waals surface area contributed by atoms with Crippen molar-refractivity contribution in [3.8, 4) is 0 Å². The summed E-state index contributed by atoms with van der Waals surface area (Å²) in [6.45, 7) is 5.17.